The number of hydrogen-bond donors (Lipinski definition) is 2. The van der Waals surface area contributed by atoms with E-state index in [0.717, 1.165) is 35.8 Å². The minimum atomic E-state index is -0.738. The molecule has 184 valence electrons. The number of ether oxygens (including phenoxy) is 1. The van der Waals surface area contributed by atoms with E-state index >= 15 is 0 Å². The Balaban J connectivity index is 1.34. The summed E-state index contributed by atoms with van der Waals surface area (Å²) in [6, 6.07) is 9.80. The lowest BCUT2D eigenvalue weighted by molar-refractivity contribution is -0.139. The summed E-state index contributed by atoms with van der Waals surface area (Å²) in [7, 11) is 1.73. The van der Waals surface area contributed by atoms with E-state index in [4.69, 9.17) is 4.74 Å². The molecule has 1 fully saturated rings. The second kappa shape index (κ2) is 9.12. The predicted octanol–water partition coefficient (Wildman–Crippen LogP) is 6.14. The van der Waals surface area contributed by atoms with E-state index in [0.29, 0.717) is 24.2 Å². The Kier molecular flexibility index (Phi) is 6.10. The molecule has 1 aromatic carbocycles. The van der Waals surface area contributed by atoms with Crippen LogP contribution in [0.3, 0.4) is 0 Å². The number of aryl methyl sites for hydroxylation is 3. The maximum Gasteiger partial charge on any atom is 0.413 e. The van der Waals surface area contributed by atoms with E-state index < -0.39 is 23.6 Å². The number of thiophene rings is 2. The Morgan fingerprint density at radius 3 is 2.64 bits per heavy atom. The molecular formula is C27H25N3O4S2. The Bertz CT molecular complexity index is 1560. The fourth-order valence-electron chi connectivity index (χ4n) is 4.24. The number of fused-ring (bicyclic) bond motifs is 1. The van der Waals surface area contributed by atoms with Crippen LogP contribution in [0.2, 0.25) is 0 Å². The van der Waals surface area contributed by atoms with E-state index in [1.807, 2.05) is 51.1 Å². The minimum absolute atomic E-state index is 0.406. The monoisotopic (exact) mass is 519 g/mol. The molecule has 0 aliphatic heterocycles. The Labute approximate surface area is 216 Å². The maximum absolute atomic E-state index is 12.6. The second-order valence-electron chi connectivity index (χ2n) is 9.06. The van der Waals surface area contributed by atoms with E-state index in [1.165, 1.54) is 0 Å². The van der Waals surface area contributed by atoms with Crippen LogP contribution in [-0.4, -0.2) is 26.9 Å². The van der Waals surface area contributed by atoms with Crippen molar-refractivity contribution in [3.63, 3.8) is 0 Å². The van der Waals surface area contributed by atoms with Crippen LogP contribution < -0.4 is 5.32 Å². The first kappa shape index (κ1) is 24.1. The highest BCUT2D eigenvalue weighted by Gasteiger charge is 2.53. The largest absolute Gasteiger partial charge is 0.481 e. The quantitative estimate of drug-likeness (QED) is 0.309. The number of benzene rings is 1. The standard InChI is InChI=1S/C27H25N3O4S2/c1-15-7-5-6-8-19(15)17(3)34-26(33)29-24-18(14-28-30(24)4)9-10-20-16(2)23-21(35-20)13-22(36-23)27(11-12-27)25(31)32/h5-8,13-14,17H,11-12H2,1-4H3,(H,29,33)(H,31,32). The molecule has 4 aromatic rings. The molecule has 36 heavy (non-hydrogen) atoms. The van der Waals surface area contributed by atoms with E-state index in [1.54, 1.807) is 40.6 Å². The Hall–Kier alpha value is -3.61. The fourth-order valence-corrected chi connectivity index (χ4v) is 6.93. The molecule has 7 nitrogen and oxygen atoms in total. The lowest BCUT2D eigenvalue weighted by Crippen LogP contribution is -2.18. The molecule has 0 saturated heterocycles. The molecule has 9 heteroatoms. The predicted molar refractivity (Wildman–Crippen MR) is 142 cm³/mol. The maximum atomic E-state index is 12.6. The minimum Gasteiger partial charge on any atom is -0.481 e. The molecule has 0 radical (unpaired) electrons. The van der Waals surface area contributed by atoms with Crippen molar-refractivity contribution in [1.29, 1.82) is 0 Å². The molecule has 0 spiro atoms. The SMILES string of the molecule is Cc1ccccc1C(C)OC(=O)Nc1c(C#Cc2sc3cc(C4(C(=O)O)CC4)sc3c2C)cnn1C. The summed E-state index contributed by atoms with van der Waals surface area (Å²) in [5.41, 5.74) is 2.94. The number of amides is 1. The van der Waals surface area contributed by atoms with Gasteiger partial charge in [-0.05, 0) is 56.4 Å². The van der Waals surface area contributed by atoms with Crippen LogP contribution in [0.4, 0.5) is 10.6 Å². The van der Waals surface area contributed by atoms with Crippen LogP contribution in [0.25, 0.3) is 9.40 Å². The number of anilines is 1. The van der Waals surface area contributed by atoms with E-state index in [9.17, 15) is 14.7 Å². The second-order valence-corrected chi connectivity index (χ2v) is 11.2. The number of aromatic nitrogens is 2. The van der Waals surface area contributed by atoms with Gasteiger partial charge in [0.2, 0.25) is 0 Å². The van der Waals surface area contributed by atoms with Crippen molar-refractivity contribution < 1.29 is 19.4 Å². The van der Waals surface area contributed by atoms with Crippen molar-refractivity contribution in [2.24, 2.45) is 7.05 Å². The van der Waals surface area contributed by atoms with Crippen LogP contribution in [0.1, 0.15) is 57.9 Å². The molecule has 3 aromatic heterocycles. The summed E-state index contributed by atoms with van der Waals surface area (Å²) in [4.78, 5) is 26.2. The summed E-state index contributed by atoms with van der Waals surface area (Å²) in [6.45, 7) is 5.83. The van der Waals surface area contributed by atoms with Crippen molar-refractivity contribution in [2.75, 3.05) is 5.32 Å². The lowest BCUT2D eigenvalue weighted by atomic mass is 10.1. The fraction of sp³-hybridized carbons (Fsp3) is 0.296. The third-order valence-electron chi connectivity index (χ3n) is 6.60. The third-order valence-corrected chi connectivity index (χ3v) is 9.34. The molecule has 1 amide bonds. The first-order chi connectivity index (χ1) is 17.2. The van der Waals surface area contributed by atoms with Crippen molar-refractivity contribution in [3.05, 3.63) is 68.5 Å². The summed E-state index contributed by atoms with van der Waals surface area (Å²) in [6.07, 6.45) is 2.03. The van der Waals surface area contributed by atoms with Gasteiger partial charge in [-0.3, -0.25) is 14.8 Å². The number of nitrogens with one attached hydrogen (secondary N) is 1. The van der Waals surface area contributed by atoms with Crippen LogP contribution in [0.15, 0.2) is 36.5 Å². The average Bonchev–Trinajstić information content (AvgIpc) is 3.33. The van der Waals surface area contributed by atoms with Gasteiger partial charge < -0.3 is 9.84 Å². The molecule has 1 unspecified atom stereocenters. The van der Waals surface area contributed by atoms with Crippen LogP contribution in [0.5, 0.6) is 0 Å². The van der Waals surface area contributed by atoms with Crippen LogP contribution >= 0.6 is 22.7 Å². The number of carbonyl (C=O) groups is 2. The Morgan fingerprint density at radius 1 is 1.22 bits per heavy atom. The highest BCUT2D eigenvalue weighted by Crippen LogP contribution is 2.53. The number of carbonyl (C=O) groups excluding carboxylic acids is 1. The zero-order chi connectivity index (χ0) is 25.6. The van der Waals surface area contributed by atoms with E-state index in [2.05, 4.69) is 22.3 Å². The molecule has 1 aliphatic carbocycles. The number of carboxylic acid groups (broad SMARTS) is 1. The molecule has 3 heterocycles. The summed E-state index contributed by atoms with van der Waals surface area (Å²) < 4.78 is 9.29. The van der Waals surface area contributed by atoms with E-state index in [-0.39, 0.29) is 0 Å². The topological polar surface area (TPSA) is 93.4 Å². The van der Waals surface area contributed by atoms with Crippen LogP contribution in [0, 0.1) is 25.7 Å². The number of carboxylic acids is 1. The molecular weight excluding hydrogens is 494 g/mol. The highest BCUT2D eigenvalue weighted by molar-refractivity contribution is 7.28. The molecule has 1 atom stereocenters. The Morgan fingerprint density at radius 2 is 1.97 bits per heavy atom. The van der Waals surface area contributed by atoms with Gasteiger partial charge in [0.15, 0.2) is 0 Å². The highest BCUT2D eigenvalue weighted by atomic mass is 32.1. The summed E-state index contributed by atoms with van der Waals surface area (Å²) in [5, 5.41) is 16.6. The molecule has 1 saturated carbocycles. The van der Waals surface area contributed by atoms with Gasteiger partial charge in [-0.25, -0.2) is 4.79 Å². The van der Waals surface area contributed by atoms with Gasteiger partial charge in [0.25, 0.3) is 0 Å². The number of hydrogen-bond acceptors (Lipinski definition) is 6. The number of nitrogens with zero attached hydrogens (tertiary/aromatic N) is 2. The smallest absolute Gasteiger partial charge is 0.413 e. The van der Waals surface area contributed by atoms with Crippen LogP contribution in [-0.2, 0) is 22.0 Å². The van der Waals surface area contributed by atoms with Gasteiger partial charge in [0.05, 0.1) is 16.6 Å². The van der Waals surface area contributed by atoms with Gasteiger partial charge in [0, 0.05) is 21.3 Å². The van der Waals surface area contributed by atoms with Crippen molar-refractivity contribution in [2.45, 2.75) is 45.1 Å². The molecule has 1 aliphatic rings. The lowest BCUT2D eigenvalue weighted by Gasteiger charge is -2.16. The summed E-state index contributed by atoms with van der Waals surface area (Å²) >= 11 is 3.11. The number of rotatable bonds is 5. The van der Waals surface area contributed by atoms with Crippen molar-refractivity contribution in [1.82, 2.24) is 9.78 Å². The molecule has 0 bridgehead atoms. The van der Waals surface area contributed by atoms with Gasteiger partial charge in [-0.1, -0.05) is 36.1 Å². The van der Waals surface area contributed by atoms with Gasteiger partial charge in [-0.2, -0.15) is 5.10 Å². The first-order valence-corrected chi connectivity index (χ1v) is 13.2. The molecule has 2 N–H and O–H groups in total. The first-order valence-electron chi connectivity index (χ1n) is 11.5. The molecule has 5 rings (SSSR count). The zero-order valence-corrected chi connectivity index (χ0v) is 22.0. The zero-order valence-electron chi connectivity index (χ0n) is 20.3. The van der Waals surface area contributed by atoms with Gasteiger partial charge >= 0.3 is 12.1 Å². The third kappa shape index (κ3) is 4.27. The van der Waals surface area contributed by atoms with Crippen molar-refractivity contribution >= 4 is 50.0 Å². The average molecular weight is 520 g/mol. The number of aliphatic carboxylic acids is 1. The summed E-state index contributed by atoms with van der Waals surface area (Å²) in [5.74, 6) is 6.07. The van der Waals surface area contributed by atoms with Gasteiger partial charge in [0.1, 0.15) is 17.3 Å². The normalized spacial score (nSPS) is 14.7. The van der Waals surface area contributed by atoms with Crippen molar-refractivity contribution in [3.8, 4) is 11.8 Å². The van der Waals surface area contributed by atoms with Gasteiger partial charge in [-0.15, -0.1) is 22.7 Å².